The van der Waals surface area contributed by atoms with E-state index in [1.165, 1.54) is 12.7 Å². The molecule has 1 fully saturated rings. The number of fused-ring (bicyclic) bond motifs is 6. The molecule has 0 aliphatic carbocycles. The van der Waals surface area contributed by atoms with E-state index in [9.17, 15) is 14.7 Å². The van der Waals surface area contributed by atoms with Crippen LogP contribution < -0.4 is 0 Å². The van der Waals surface area contributed by atoms with Crippen molar-refractivity contribution < 1.29 is 19.4 Å². The van der Waals surface area contributed by atoms with Crippen LogP contribution in [0.3, 0.4) is 0 Å². The van der Waals surface area contributed by atoms with Gasteiger partial charge in [0.05, 0.1) is 19.2 Å². The molecule has 29 heavy (non-hydrogen) atoms. The molecular weight excluding hydrogens is 368 g/mol. The summed E-state index contributed by atoms with van der Waals surface area (Å²) in [5.74, 6) is -1.07. The molecule has 3 atom stereocenters. The van der Waals surface area contributed by atoms with Crippen LogP contribution >= 0.6 is 0 Å². The van der Waals surface area contributed by atoms with Crippen LogP contribution in [0.2, 0.25) is 0 Å². The van der Waals surface area contributed by atoms with Crippen molar-refractivity contribution in [1.29, 1.82) is 0 Å². The van der Waals surface area contributed by atoms with Gasteiger partial charge in [0.15, 0.2) is 5.78 Å². The van der Waals surface area contributed by atoms with Crippen LogP contribution in [0.25, 0.3) is 10.9 Å². The monoisotopic (exact) mass is 390 g/mol. The number of nitrogens with zero attached hydrogens (tertiary/aromatic N) is 1. The molecule has 2 aromatic carbocycles. The number of H-pyrrole nitrogens is 1. The van der Waals surface area contributed by atoms with Gasteiger partial charge in [-0.3, -0.25) is 14.5 Å². The summed E-state index contributed by atoms with van der Waals surface area (Å²) in [5, 5.41) is 11.0. The molecule has 2 bridgehead atoms. The fraction of sp³-hybridized carbons (Fsp3) is 0.304. The number of nitrogens with one attached hydrogen (secondary N) is 1. The first-order chi connectivity index (χ1) is 14.1. The number of methoxy groups -OCH3 is 1. The number of rotatable bonds is 3. The summed E-state index contributed by atoms with van der Waals surface area (Å²) < 4.78 is 4.92. The third-order valence-corrected chi connectivity index (χ3v) is 6.27. The Bertz CT molecular complexity index is 1120. The van der Waals surface area contributed by atoms with Gasteiger partial charge in [0.1, 0.15) is 11.7 Å². The van der Waals surface area contributed by atoms with Crippen molar-refractivity contribution in [2.24, 2.45) is 5.92 Å². The average molecular weight is 390 g/mol. The average Bonchev–Trinajstić information content (AvgIpc) is 3.09. The number of aromatic amines is 1. The predicted molar refractivity (Wildman–Crippen MR) is 107 cm³/mol. The van der Waals surface area contributed by atoms with Gasteiger partial charge in [-0.1, -0.05) is 30.3 Å². The molecule has 0 amide bonds. The van der Waals surface area contributed by atoms with Crippen molar-refractivity contribution >= 4 is 22.7 Å². The number of ether oxygens (including phenoxy) is 1. The maximum Gasteiger partial charge on any atom is 0.316 e. The first-order valence-electron chi connectivity index (χ1n) is 9.81. The molecule has 2 aliphatic rings. The van der Waals surface area contributed by atoms with E-state index < -0.39 is 17.9 Å². The number of esters is 1. The lowest BCUT2D eigenvalue weighted by Crippen LogP contribution is -2.56. The van der Waals surface area contributed by atoms with Gasteiger partial charge in [-0.2, -0.15) is 0 Å². The Balaban J connectivity index is 1.61. The maximum atomic E-state index is 13.3. The van der Waals surface area contributed by atoms with E-state index in [0.29, 0.717) is 19.4 Å². The smallest absolute Gasteiger partial charge is 0.316 e. The molecule has 148 valence electrons. The normalized spacial score (nSPS) is 23.8. The van der Waals surface area contributed by atoms with Crippen molar-refractivity contribution in [3.05, 3.63) is 65.4 Å². The number of carbonyl (C=O) groups is 2. The quantitative estimate of drug-likeness (QED) is 0.530. The number of aromatic nitrogens is 1. The minimum Gasteiger partial charge on any atom is -0.508 e. The van der Waals surface area contributed by atoms with E-state index >= 15 is 0 Å². The Morgan fingerprint density at radius 2 is 2.03 bits per heavy atom. The highest BCUT2D eigenvalue weighted by molar-refractivity contribution is 6.03. The minimum absolute atomic E-state index is 0.0795. The molecule has 6 heteroatoms. The minimum atomic E-state index is -0.741. The van der Waals surface area contributed by atoms with Gasteiger partial charge in [0.2, 0.25) is 0 Å². The van der Waals surface area contributed by atoms with Crippen molar-refractivity contribution in [1.82, 2.24) is 9.88 Å². The van der Waals surface area contributed by atoms with Crippen molar-refractivity contribution in [2.75, 3.05) is 7.11 Å². The second-order valence-corrected chi connectivity index (χ2v) is 7.85. The van der Waals surface area contributed by atoms with Crippen LogP contribution in [0.5, 0.6) is 5.75 Å². The van der Waals surface area contributed by atoms with Gasteiger partial charge >= 0.3 is 5.97 Å². The van der Waals surface area contributed by atoms with Crippen molar-refractivity contribution in [2.45, 2.75) is 31.5 Å². The van der Waals surface area contributed by atoms with Gasteiger partial charge in [-0.25, -0.2) is 0 Å². The fourth-order valence-electron chi connectivity index (χ4n) is 4.95. The number of Topliss-reactive ketones (excluding diaryl/α,β-unsaturated/α-hetero) is 1. The molecule has 1 aromatic heterocycles. The van der Waals surface area contributed by atoms with E-state index in [1.54, 1.807) is 18.2 Å². The summed E-state index contributed by atoms with van der Waals surface area (Å²) in [7, 11) is 1.33. The van der Waals surface area contributed by atoms with Gasteiger partial charge in [-0.05, 0) is 42.2 Å². The lowest BCUT2D eigenvalue weighted by Gasteiger charge is -2.46. The number of ketones is 1. The van der Waals surface area contributed by atoms with Gasteiger partial charge in [0.25, 0.3) is 0 Å². The third-order valence-electron chi connectivity index (χ3n) is 6.27. The van der Waals surface area contributed by atoms with Crippen LogP contribution in [0.4, 0.5) is 0 Å². The molecule has 3 aromatic rings. The summed E-state index contributed by atoms with van der Waals surface area (Å²) in [6.07, 6.45) is 0.946. The summed E-state index contributed by atoms with van der Waals surface area (Å²) in [5.41, 5.74) is 4.22. The highest BCUT2D eigenvalue weighted by Crippen LogP contribution is 2.45. The molecule has 1 saturated heterocycles. The highest BCUT2D eigenvalue weighted by Gasteiger charge is 2.50. The van der Waals surface area contributed by atoms with Crippen LogP contribution in [-0.2, 0) is 27.3 Å². The predicted octanol–water partition coefficient (Wildman–Crippen LogP) is 3.10. The molecule has 2 aliphatic heterocycles. The van der Waals surface area contributed by atoms with E-state index in [2.05, 4.69) is 16.0 Å². The number of aromatic hydroxyl groups is 1. The Labute approximate surface area is 168 Å². The number of carbonyl (C=O) groups excluding carboxylic acids is 2. The van der Waals surface area contributed by atoms with Crippen LogP contribution in [0.1, 0.15) is 29.3 Å². The number of hydrogen-bond donors (Lipinski definition) is 2. The lowest BCUT2D eigenvalue weighted by molar-refractivity contribution is -0.156. The van der Waals surface area contributed by atoms with Gasteiger partial charge in [-0.15, -0.1) is 0 Å². The molecule has 2 N–H and O–H groups in total. The highest BCUT2D eigenvalue weighted by atomic mass is 16.5. The molecule has 0 spiro atoms. The first kappa shape index (κ1) is 17.9. The molecule has 0 saturated carbocycles. The molecule has 5 rings (SSSR count). The molecular formula is C23H22N2O4. The van der Waals surface area contributed by atoms with Crippen LogP contribution in [-0.4, -0.2) is 39.9 Å². The van der Waals surface area contributed by atoms with Crippen LogP contribution in [0.15, 0.2) is 48.5 Å². The zero-order valence-electron chi connectivity index (χ0n) is 16.1. The third kappa shape index (κ3) is 2.83. The van der Waals surface area contributed by atoms with Crippen molar-refractivity contribution in [3.63, 3.8) is 0 Å². The standard InChI is InChI=1S/C23H22N2O4/c1-29-23(28)17-11-19-21-16(15-7-2-3-8-18(15)24-21)10-20(22(17)27)25(19)12-13-5-4-6-14(26)9-13/h2-9,17,19-20,24,26H,10-12H2,1H3. The molecule has 0 radical (unpaired) electrons. The Hall–Kier alpha value is -3.12. The number of piperidine rings is 1. The van der Waals surface area contributed by atoms with E-state index in [-0.39, 0.29) is 17.6 Å². The van der Waals surface area contributed by atoms with Crippen molar-refractivity contribution in [3.8, 4) is 5.75 Å². The Morgan fingerprint density at radius 3 is 2.83 bits per heavy atom. The fourth-order valence-corrected chi connectivity index (χ4v) is 4.95. The largest absolute Gasteiger partial charge is 0.508 e. The van der Waals surface area contributed by atoms with Gasteiger partial charge in [0, 0.05) is 23.1 Å². The Kier molecular flexibility index (Phi) is 4.17. The SMILES string of the molecule is COC(=O)C1CC2c3[nH]c4ccccc4c3CC(C1=O)N2Cc1cccc(O)c1. The number of benzene rings is 2. The number of phenols is 1. The number of para-hydroxylation sites is 1. The second kappa shape index (κ2) is 6.74. The molecule has 6 nitrogen and oxygen atoms in total. The van der Waals surface area contributed by atoms with E-state index in [1.807, 2.05) is 24.3 Å². The number of phenolic OH excluding ortho intramolecular Hbond substituents is 1. The molecule has 3 heterocycles. The zero-order chi connectivity index (χ0) is 20.1. The lowest BCUT2D eigenvalue weighted by atomic mass is 9.76. The topological polar surface area (TPSA) is 82.6 Å². The second-order valence-electron chi connectivity index (χ2n) is 7.85. The molecule has 3 unspecified atom stereocenters. The zero-order valence-corrected chi connectivity index (χ0v) is 16.1. The van der Waals surface area contributed by atoms with E-state index in [4.69, 9.17) is 4.74 Å². The summed E-state index contributed by atoms with van der Waals surface area (Å²) in [6, 6.07) is 14.7. The van der Waals surface area contributed by atoms with Crippen LogP contribution in [0, 0.1) is 5.92 Å². The van der Waals surface area contributed by atoms with Gasteiger partial charge < -0.3 is 14.8 Å². The summed E-state index contributed by atoms with van der Waals surface area (Å²) >= 11 is 0. The van der Waals surface area contributed by atoms with E-state index in [0.717, 1.165) is 22.2 Å². The number of hydrogen-bond acceptors (Lipinski definition) is 5. The Morgan fingerprint density at radius 1 is 1.21 bits per heavy atom. The summed E-state index contributed by atoms with van der Waals surface area (Å²) in [4.78, 5) is 31.3. The summed E-state index contributed by atoms with van der Waals surface area (Å²) in [6.45, 7) is 0.526. The maximum absolute atomic E-state index is 13.3. The first-order valence-corrected chi connectivity index (χ1v) is 9.81.